The van der Waals surface area contributed by atoms with Crippen LogP contribution in [0.5, 0.6) is 0 Å². The molecule has 0 bridgehead atoms. The molecule has 6 nitrogen and oxygen atoms in total. The minimum Gasteiger partial charge on any atom is -0.383 e. The molecule has 5 rings (SSSR count). The summed E-state index contributed by atoms with van der Waals surface area (Å²) in [4.78, 5) is 8.82. The van der Waals surface area contributed by atoms with Gasteiger partial charge in [0.25, 0.3) is 0 Å². The highest BCUT2D eigenvalue weighted by atomic mass is 16.5. The van der Waals surface area contributed by atoms with Crippen molar-refractivity contribution in [2.45, 2.75) is 58.4 Å². The fourth-order valence-electron chi connectivity index (χ4n) is 4.35. The Labute approximate surface area is 146 Å². The maximum absolute atomic E-state index is 6.29. The van der Waals surface area contributed by atoms with Gasteiger partial charge in [0.15, 0.2) is 0 Å². The van der Waals surface area contributed by atoms with Crippen LogP contribution in [0, 0.1) is 5.92 Å². The van der Waals surface area contributed by atoms with Gasteiger partial charge < -0.3 is 14.8 Å². The van der Waals surface area contributed by atoms with Crippen molar-refractivity contribution in [2.75, 3.05) is 5.73 Å². The first-order valence-corrected chi connectivity index (χ1v) is 9.18. The zero-order valence-electron chi connectivity index (χ0n) is 14.9. The van der Waals surface area contributed by atoms with E-state index in [0.29, 0.717) is 23.7 Å². The lowest BCUT2D eigenvalue weighted by atomic mass is 9.97. The molecule has 0 spiro atoms. The summed E-state index contributed by atoms with van der Waals surface area (Å²) in [6.07, 6.45) is 5.97. The topological polar surface area (TPSA) is 82.8 Å². The maximum atomic E-state index is 6.29. The van der Waals surface area contributed by atoms with E-state index in [4.69, 9.17) is 10.3 Å². The zero-order valence-corrected chi connectivity index (χ0v) is 14.9. The third kappa shape index (κ3) is 2.06. The van der Waals surface area contributed by atoms with Crippen LogP contribution in [0.15, 0.2) is 10.9 Å². The van der Waals surface area contributed by atoms with Crippen molar-refractivity contribution in [1.82, 2.24) is 19.7 Å². The van der Waals surface area contributed by atoms with Gasteiger partial charge in [-0.3, -0.25) is 0 Å². The quantitative estimate of drug-likeness (QED) is 0.767. The predicted octanol–water partition coefficient (Wildman–Crippen LogP) is 3.86. The standard InChI is InChI=1S/C19H23N5O/c1-9(2)24-13-7-10(3)6-12-16(23-25-17(12)11-4-5-11)14(13)15-18(20)21-8-22-19(15)24/h8-11H,4-7H2,1-3H3,(H2,20,21,22). The second-order valence-electron chi connectivity index (χ2n) is 7.90. The van der Waals surface area contributed by atoms with Gasteiger partial charge in [0, 0.05) is 28.8 Å². The van der Waals surface area contributed by atoms with Crippen LogP contribution >= 0.6 is 0 Å². The number of fused-ring (bicyclic) bond motifs is 5. The molecule has 0 aromatic carbocycles. The first-order chi connectivity index (χ1) is 12.1. The Morgan fingerprint density at radius 1 is 1.24 bits per heavy atom. The van der Waals surface area contributed by atoms with Crippen molar-refractivity contribution in [1.29, 1.82) is 0 Å². The van der Waals surface area contributed by atoms with E-state index in [2.05, 4.69) is 40.5 Å². The van der Waals surface area contributed by atoms with E-state index in [1.807, 2.05) is 0 Å². The van der Waals surface area contributed by atoms with Gasteiger partial charge in [-0.25, -0.2) is 9.97 Å². The van der Waals surface area contributed by atoms with E-state index < -0.39 is 0 Å². The number of nitrogens with two attached hydrogens (primary N) is 1. The largest absolute Gasteiger partial charge is 0.383 e. The monoisotopic (exact) mass is 337 g/mol. The molecular formula is C19H23N5O. The summed E-state index contributed by atoms with van der Waals surface area (Å²) in [5, 5.41) is 5.45. The Morgan fingerprint density at radius 3 is 2.76 bits per heavy atom. The SMILES string of the molecule is CC1Cc2c(noc2C2CC2)-c2c(n(C(C)C)c3ncnc(N)c23)C1. The summed E-state index contributed by atoms with van der Waals surface area (Å²) >= 11 is 0. The third-order valence-electron chi connectivity index (χ3n) is 5.53. The van der Waals surface area contributed by atoms with Crippen molar-refractivity contribution in [3.8, 4) is 11.3 Å². The average molecular weight is 337 g/mol. The van der Waals surface area contributed by atoms with Gasteiger partial charge in [0.05, 0.1) is 5.39 Å². The summed E-state index contributed by atoms with van der Waals surface area (Å²) in [5.74, 6) is 2.69. The van der Waals surface area contributed by atoms with Crippen molar-refractivity contribution in [3.05, 3.63) is 23.3 Å². The minimum atomic E-state index is 0.295. The Bertz CT molecular complexity index is 980. The maximum Gasteiger partial charge on any atom is 0.146 e. The van der Waals surface area contributed by atoms with E-state index in [-0.39, 0.29) is 0 Å². The van der Waals surface area contributed by atoms with E-state index in [1.54, 1.807) is 6.33 Å². The van der Waals surface area contributed by atoms with Crippen LogP contribution in [0.4, 0.5) is 5.82 Å². The van der Waals surface area contributed by atoms with Gasteiger partial charge in [-0.05, 0) is 45.4 Å². The van der Waals surface area contributed by atoms with E-state index in [1.165, 1.54) is 24.1 Å². The highest BCUT2D eigenvalue weighted by Crippen LogP contribution is 2.48. The first-order valence-electron chi connectivity index (χ1n) is 9.18. The lowest BCUT2D eigenvalue weighted by molar-refractivity contribution is 0.382. The lowest BCUT2D eigenvalue weighted by Crippen LogP contribution is -2.10. The van der Waals surface area contributed by atoms with Crippen LogP contribution in [0.2, 0.25) is 0 Å². The van der Waals surface area contributed by atoms with Crippen LogP contribution in [-0.2, 0) is 12.8 Å². The molecule has 3 aromatic rings. The van der Waals surface area contributed by atoms with Crippen LogP contribution < -0.4 is 5.73 Å². The predicted molar refractivity (Wildman–Crippen MR) is 96.4 cm³/mol. The fraction of sp³-hybridized carbons (Fsp3) is 0.526. The normalized spacial score (nSPS) is 19.9. The van der Waals surface area contributed by atoms with Crippen molar-refractivity contribution >= 4 is 16.9 Å². The molecule has 1 saturated carbocycles. The molecule has 2 N–H and O–H groups in total. The molecule has 0 amide bonds. The highest BCUT2D eigenvalue weighted by Gasteiger charge is 2.37. The summed E-state index contributed by atoms with van der Waals surface area (Å²) in [6.45, 7) is 6.68. The molecule has 2 aliphatic carbocycles. The second kappa shape index (κ2) is 5.07. The molecule has 25 heavy (non-hydrogen) atoms. The fourth-order valence-corrected chi connectivity index (χ4v) is 4.35. The van der Waals surface area contributed by atoms with E-state index in [9.17, 15) is 0 Å². The Hall–Kier alpha value is -2.37. The smallest absolute Gasteiger partial charge is 0.146 e. The van der Waals surface area contributed by atoms with E-state index >= 15 is 0 Å². The minimum absolute atomic E-state index is 0.295. The van der Waals surface area contributed by atoms with Gasteiger partial charge in [0.2, 0.25) is 0 Å². The molecule has 0 radical (unpaired) electrons. The summed E-state index contributed by atoms with van der Waals surface area (Å²) in [6, 6.07) is 0.295. The molecule has 2 aliphatic rings. The second-order valence-corrected chi connectivity index (χ2v) is 7.90. The van der Waals surface area contributed by atoms with Crippen LogP contribution in [0.3, 0.4) is 0 Å². The van der Waals surface area contributed by atoms with Gasteiger partial charge in [-0.15, -0.1) is 0 Å². The van der Waals surface area contributed by atoms with Crippen LogP contribution in [0.25, 0.3) is 22.3 Å². The molecule has 3 aromatic heterocycles. The number of nitrogens with zero attached hydrogens (tertiary/aromatic N) is 4. The van der Waals surface area contributed by atoms with Gasteiger partial charge in [0.1, 0.15) is 29.2 Å². The molecule has 1 atom stereocenters. The van der Waals surface area contributed by atoms with Gasteiger partial charge >= 0.3 is 0 Å². The summed E-state index contributed by atoms with van der Waals surface area (Å²) in [5.41, 5.74) is 11.8. The summed E-state index contributed by atoms with van der Waals surface area (Å²) in [7, 11) is 0. The van der Waals surface area contributed by atoms with Gasteiger partial charge in [-0.1, -0.05) is 12.1 Å². The zero-order chi connectivity index (χ0) is 17.3. The molecule has 1 fully saturated rings. The summed E-state index contributed by atoms with van der Waals surface area (Å²) < 4.78 is 8.13. The number of nitrogen functional groups attached to an aromatic ring is 1. The van der Waals surface area contributed by atoms with Gasteiger partial charge in [-0.2, -0.15) is 0 Å². The Balaban J connectivity index is 1.90. The number of aromatic nitrogens is 4. The number of anilines is 1. The Morgan fingerprint density at radius 2 is 2.04 bits per heavy atom. The molecule has 1 unspecified atom stereocenters. The first kappa shape index (κ1) is 14.9. The number of hydrogen-bond acceptors (Lipinski definition) is 5. The average Bonchev–Trinajstić information content (AvgIpc) is 3.26. The highest BCUT2D eigenvalue weighted by molar-refractivity contribution is 6.02. The lowest BCUT2D eigenvalue weighted by Gasteiger charge is -2.16. The third-order valence-corrected chi connectivity index (χ3v) is 5.53. The van der Waals surface area contributed by atoms with Crippen molar-refractivity contribution < 1.29 is 4.52 Å². The van der Waals surface area contributed by atoms with Crippen LogP contribution in [-0.4, -0.2) is 19.7 Å². The molecule has 130 valence electrons. The van der Waals surface area contributed by atoms with Crippen LogP contribution in [0.1, 0.15) is 62.6 Å². The Kier molecular flexibility index (Phi) is 3.03. The molecule has 3 heterocycles. The molecule has 0 saturated heterocycles. The van der Waals surface area contributed by atoms with Crippen molar-refractivity contribution in [2.24, 2.45) is 5.92 Å². The molecular weight excluding hydrogens is 314 g/mol. The number of rotatable bonds is 2. The number of hydrogen-bond donors (Lipinski definition) is 1. The van der Waals surface area contributed by atoms with Crippen molar-refractivity contribution in [3.63, 3.8) is 0 Å². The molecule has 6 heteroatoms. The van der Waals surface area contributed by atoms with E-state index in [0.717, 1.165) is 40.9 Å². The molecule has 0 aliphatic heterocycles.